The van der Waals surface area contributed by atoms with E-state index in [4.69, 9.17) is 34.8 Å². The third-order valence-corrected chi connectivity index (χ3v) is 7.41. The molecule has 5 nitrogen and oxygen atoms in total. The van der Waals surface area contributed by atoms with Gasteiger partial charge in [-0.25, -0.2) is 0 Å². The van der Waals surface area contributed by atoms with Crippen molar-refractivity contribution in [1.29, 1.82) is 0 Å². The minimum absolute atomic E-state index is 0.0581. The van der Waals surface area contributed by atoms with Gasteiger partial charge in [-0.05, 0) is 53.8 Å². The van der Waals surface area contributed by atoms with Crippen LogP contribution in [0.2, 0.25) is 15.1 Å². The molecule has 198 valence electrons. The van der Waals surface area contributed by atoms with E-state index in [0.717, 1.165) is 22.0 Å². The van der Waals surface area contributed by atoms with Gasteiger partial charge in [0.25, 0.3) is 5.91 Å². The summed E-state index contributed by atoms with van der Waals surface area (Å²) >= 11 is 18.7. The number of aromatic amines is 1. The van der Waals surface area contributed by atoms with Crippen molar-refractivity contribution in [2.75, 3.05) is 19.6 Å². The van der Waals surface area contributed by atoms with Crippen LogP contribution in [0.3, 0.4) is 0 Å². The predicted molar refractivity (Wildman–Crippen MR) is 156 cm³/mol. The monoisotopic (exact) mass is 569 g/mol. The summed E-state index contributed by atoms with van der Waals surface area (Å²) in [5, 5.41) is 2.39. The van der Waals surface area contributed by atoms with E-state index < -0.39 is 0 Å². The molecule has 1 heterocycles. The van der Waals surface area contributed by atoms with Crippen LogP contribution in [0.1, 0.15) is 35.3 Å². The SMILES string of the molecule is CC(C)CN(CC(=O)N(CCc1c[nH]c2ccccc12)Cc1ccc(Cl)c(Cl)c1)C(=O)c1ccccc1Cl. The van der Waals surface area contributed by atoms with Crippen LogP contribution in [0.15, 0.2) is 72.9 Å². The van der Waals surface area contributed by atoms with Crippen LogP contribution >= 0.6 is 34.8 Å². The largest absolute Gasteiger partial charge is 0.361 e. The highest BCUT2D eigenvalue weighted by atomic mass is 35.5. The zero-order valence-corrected chi connectivity index (χ0v) is 23.7. The van der Waals surface area contributed by atoms with Crippen molar-refractivity contribution in [3.8, 4) is 0 Å². The number of para-hydroxylation sites is 1. The van der Waals surface area contributed by atoms with E-state index in [-0.39, 0.29) is 24.3 Å². The number of rotatable bonds is 10. The maximum absolute atomic E-state index is 13.8. The van der Waals surface area contributed by atoms with Crippen LogP contribution in [0, 0.1) is 5.92 Å². The lowest BCUT2D eigenvalue weighted by Gasteiger charge is -2.29. The van der Waals surface area contributed by atoms with Gasteiger partial charge in [0.2, 0.25) is 5.91 Å². The number of H-pyrrole nitrogens is 1. The molecule has 0 aliphatic carbocycles. The van der Waals surface area contributed by atoms with Crippen molar-refractivity contribution >= 4 is 57.5 Å². The zero-order chi connectivity index (χ0) is 27.2. The Morgan fingerprint density at radius 1 is 0.868 bits per heavy atom. The maximum Gasteiger partial charge on any atom is 0.255 e. The Morgan fingerprint density at radius 3 is 2.34 bits per heavy atom. The number of benzene rings is 3. The lowest BCUT2D eigenvalue weighted by Crippen LogP contribution is -2.44. The first-order chi connectivity index (χ1) is 18.2. The first-order valence-corrected chi connectivity index (χ1v) is 13.7. The molecule has 38 heavy (non-hydrogen) atoms. The molecule has 8 heteroatoms. The van der Waals surface area contributed by atoms with Gasteiger partial charge in [-0.2, -0.15) is 0 Å². The van der Waals surface area contributed by atoms with E-state index in [2.05, 4.69) is 11.1 Å². The Hall–Kier alpha value is -2.99. The van der Waals surface area contributed by atoms with Crippen LogP contribution in [0.5, 0.6) is 0 Å². The van der Waals surface area contributed by atoms with Gasteiger partial charge in [-0.15, -0.1) is 0 Å². The van der Waals surface area contributed by atoms with Crippen LogP contribution in [0.4, 0.5) is 0 Å². The molecule has 0 unspecified atom stereocenters. The quantitative estimate of drug-likeness (QED) is 0.215. The van der Waals surface area contributed by atoms with Gasteiger partial charge in [-0.1, -0.05) is 85.0 Å². The maximum atomic E-state index is 13.8. The van der Waals surface area contributed by atoms with E-state index in [1.165, 1.54) is 0 Å². The fourth-order valence-corrected chi connectivity index (χ4v) is 5.01. The van der Waals surface area contributed by atoms with Crippen molar-refractivity contribution in [3.63, 3.8) is 0 Å². The molecule has 4 aromatic rings. The average Bonchev–Trinajstić information content (AvgIpc) is 3.31. The first-order valence-electron chi connectivity index (χ1n) is 12.5. The van der Waals surface area contributed by atoms with Gasteiger partial charge in [0.05, 0.1) is 20.6 Å². The van der Waals surface area contributed by atoms with Crippen LogP contribution in [-0.2, 0) is 17.8 Å². The summed E-state index contributed by atoms with van der Waals surface area (Å²) in [7, 11) is 0. The topological polar surface area (TPSA) is 56.4 Å². The Morgan fingerprint density at radius 2 is 1.61 bits per heavy atom. The van der Waals surface area contributed by atoms with E-state index in [1.54, 1.807) is 46.2 Å². The van der Waals surface area contributed by atoms with Crippen molar-refractivity contribution in [2.45, 2.75) is 26.8 Å². The van der Waals surface area contributed by atoms with Gasteiger partial charge in [-0.3, -0.25) is 9.59 Å². The number of fused-ring (bicyclic) bond motifs is 1. The number of carbonyl (C=O) groups is 2. The first kappa shape index (κ1) is 28.0. The van der Waals surface area contributed by atoms with Crippen molar-refractivity contribution in [2.24, 2.45) is 5.92 Å². The average molecular weight is 571 g/mol. The number of nitrogens with one attached hydrogen (secondary N) is 1. The summed E-state index contributed by atoms with van der Waals surface area (Å²) in [5.74, 6) is -0.246. The summed E-state index contributed by atoms with van der Waals surface area (Å²) in [4.78, 5) is 33.8. The number of hydrogen-bond donors (Lipinski definition) is 1. The number of nitrogens with zero attached hydrogens (tertiary/aromatic N) is 2. The van der Waals surface area contributed by atoms with E-state index in [9.17, 15) is 9.59 Å². The standard InChI is InChI=1S/C30H30Cl3N3O2/c1-20(2)17-36(30(38)24-8-3-5-9-25(24)31)19-29(37)35(18-21-11-12-26(32)27(33)15-21)14-13-22-16-34-28-10-6-4-7-23(22)28/h3-12,15-16,20,34H,13-14,17-19H2,1-2H3. The highest BCUT2D eigenvalue weighted by Gasteiger charge is 2.25. The van der Waals surface area contributed by atoms with Gasteiger partial charge in [0.1, 0.15) is 6.54 Å². The lowest BCUT2D eigenvalue weighted by atomic mass is 10.1. The smallest absolute Gasteiger partial charge is 0.255 e. The van der Waals surface area contributed by atoms with Gasteiger partial charge >= 0.3 is 0 Å². The zero-order valence-electron chi connectivity index (χ0n) is 21.4. The number of amides is 2. The van der Waals surface area contributed by atoms with E-state index in [0.29, 0.717) is 46.7 Å². The molecule has 1 aromatic heterocycles. The van der Waals surface area contributed by atoms with Gasteiger partial charge in [0.15, 0.2) is 0 Å². The molecule has 0 spiro atoms. The second-order valence-corrected chi connectivity index (χ2v) is 11.0. The molecule has 1 N–H and O–H groups in total. The lowest BCUT2D eigenvalue weighted by molar-refractivity contribution is -0.132. The molecule has 0 fully saturated rings. The predicted octanol–water partition coefficient (Wildman–Crippen LogP) is 7.50. The van der Waals surface area contributed by atoms with Crippen molar-refractivity contribution < 1.29 is 9.59 Å². The summed E-state index contributed by atoms with van der Waals surface area (Å²) < 4.78 is 0. The molecule has 0 saturated carbocycles. The third kappa shape index (κ3) is 6.90. The molecule has 0 aliphatic rings. The van der Waals surface area contributed by atoms with Crippen LogP contribution in [0.25, 0.3) is 10.9 Å². The van der Waals surface area contributed by atoms with Crippen molar-refractivity contribution in [3.05, 3.63) is 105 Å². The summed E-state index contributed by atoms with van der Waals surface area (Å²) in [6.45, 7) is 5.21. The molecule has 0 saturated heterocycles. The molecule has 0 aliphatic heterocycles. The fraction of sp³-hybridized carbons (Fsp3) is 0.267. The second-order valence-electron chi connectivity index (χ2n) is 9.73. The Labute approximate surface area is 238 Å². The number of aromatic nitrogens is 1. The summed E-state index contributed by atoms with van der Waals surface area (Å²) in [6.07, 6.45) is 2.64. The molecule has 0 atom stereocenters. The summed E-state index contributed by atoms with van der Waals surface area (Å²) in [6, 6.07) is 20.4. The van der Waals surface area contributed by atoms with E-state index in [1.807, 2.05) is 44.3 Å². The van der Waals surface area contributed by atoms with Crippen LogP contribution in [-0.4, -0.2) is 46.2 Å². The molecule has 2 amide bonds. The Bertz CT molecular complexity index is 1430. The van der Waals surface area contributed by atoms with Gasteiger partial charge < -0.3 is 14.8 Å². The highest BCUT2D eigenvalue weighted by Crippen LogP contribution is 2.24. The molecular formula is C30H30Cl3N3O2. The Balaban J connectivity index is 1.58. The molecule has 4 rings (SSSR count). The van der Waals surface area contributed by atoms with Gasteiger partial charge in [0, 0.05) is 36.7 Å². The number of hydrogen-bond acceptors (Lipinski definition) is 2. The minimum atomic E-state index is -0.260. The molecule has 0 bridgehead atoms. The highest BCUT2D eigenvalue weighted by molar-refractivity contribution is 6.42. The molecule has 0 radical (unpaired) electrons. The number of carbonyl (C=O) groups excluding carboxylic acids is 2. The normalized spacial score (nSPS) is 11.2. The third-order valence-electron chi connectivity index (χ3n) is 6.34. The minimum Gasteiger partial charge on any atom is -0.361 e. The van der Waals surface area contributed by atoms with Crippen LogP contribution < -0.4 is 0 Å². The van der Waals surface area contributed by atoms with Crippen molar-refractivity contribution in [1.82, 2.24) is 14.8 Å². The second kappa shape index (κ2) is 12.7. The molecular weight excluding hydrogens is 541 g/mol. The number of halogens is 3. The molecule has 3 aromatic carbocycles. The summed E-state index contributed by atoms with van der Waals surface area (Å²) in [5.41, 5.74) is 3.42. The fourth-order valence-electron chi connectivity index (χ4n) is 4.47. The van der Waals surface area contributed by atoms with E-state index >= 15 is 0 Å². The Kier molecular flexibility index (Phi) is 9.37.